The number of likely N-dealkylation sites (tertiary alicyclic amines) is 1. The van der Waals surface area contributed by atoms with Crippen LogP contribution in [0.15, 0.2) is 54.6 Å². The Morgan fingerprint density at radius 1 is 1.09 bits per heavy atom. The predicted octanol–water partition coefficient (Wildman–Crippen LogP) is 2.85. The largest absolute Gasteiger partial charge is 0.493 e. The number of β-amino-alcohol motifs (C(OH)–C–C–N with tert-alkyl or cyclic N) is 1. The van der Waals surface area contributed by atoms with Crippen LogP contribution in [0, 0.1) is 5.92 Å². The van der Waals surface area contributed by atoms with Gasteiger partial charge < -0.3 is 29.4 Å². The van der Waals surface area contributed by atoms with E-state index >= 15 is 0 Å². The number of carbonyl (C=O) groups excluding carboxylic acids is 1. The van der Waals surface area contributed by atoms with Gasteiger partial charge in [-0.2, -0.15) is 0 Å². The van der Waals surface area contributed by atoms with Crippen molar-refractivity contribution < 1.29 is 29.3 Å². The van der Waals surface area contributed by atoms with E-state index in [1.807, 2.05) is 30.3 Å². The summed E-state index contributed by atoms with van der Waals surface area (Å²) in [5, 5.41) is 21.2. The van der Waals surface area contributed by atoms with Crippen LogP contribution in [0.4, 0.5) is 0 Å². The summed E-state index contributed by atoms with van der Waals surface area (Å²) < 4.78 is 12.8. The molecule has 0 bridgehead atoms. The lowest BCUT2D eigenvalue weighted by Crippen LogP contribution is -2.41. The summed E-state index contributed by atoms with van der Waals surface area (Å²) >= 11 is 0. The molecule has 1 fully saturated rings. The molecule has 0 amide bonds. The lowest BCUT2D eigenvalue weighted by molar-refractivity contribution is -0.141. The lowest BCUT2D eigenvalue weighted by Gasteiger charge is -2.33. The molecule has 8 heteroatoms. The third-order valence-electron chi connectivity index (χ3n) is 5.80. The number of aliphatic hydroxyl groups excluding tert-OH is 1. The van der Waals surface area contributed by atoms with Gasteiger partial charge in [-0.15, -0.1) is 4.73 Å². The van der Waals surface area contributed by atoms with Crippen LogP contribution in [0.25, 0.3) is 10.9 Å². The van der Waals surface area contributed by atoms with E-state index in [2.05, 4.69) is 4.90 Å². The topological polar surface area (TPSA) is 93.4 Å². The summed E-state index contributed by atoms with van der Waals surface area (Å²) in [7, 11) is 0. The van der Waals surface area contributed by atoms with Crippen LogP contribution in [0.2, 0.25) is 0 Å². The van der Waals surface area contributed by atoms with Gasteiger partial charge in [0.1, 0.15) is 24.2 Å². The van der Waals surface area contributed by atoms with Crippen molar-refractivity contribution in [3.63, 3.8) is 0 Å². The zero-order valence-corrected chi connectivity index (χ0v) is 18.7. The zero-order valence-electron chi connectivity index (χ0n) is 18.7. The van der Waals surface area contributed by atoms with Crippen LogP contribution < -0.4 is 14.3 Å². The molecule has 0 saturated carbocycles. The molecule has 0 radical (unpaired) electrons. The normalized spacial score (nSPS) is 15.9. The van der Waals surface area contributed by atoms with Crippen LogP contribution in [-0.4, -0.2) is 64.8 Å². The second kappa shape index (κ2) is 10.6. The average molecular weight is 455 g/mol. The van der Waals surface area contributed by atoms with Crippen molar-refractivity contribution >= 4 is 16.9 Å². The first-order chi connectivity index (χ1) is 16.0. The van der Waals surface area contributed by atoms with Gasteiger partial charge in [-0.3, -0.25) is 0 Å². The van der Waals surface area contributed by atoms with Gasteiger partial charge in [0.25, 0.3) is 0 Å². The Bertz CT molecular complexity index is 1060. The van der Waals surface area contributed by atoms with Crippen LogP contribution >= 0.6 is 0 Å². The van der Waals surface area contributed by atoms with Crippen LogP contribution in [0.3, 0.4) is 0 Å². The molecule has 3 aromatic rings. The van der Waals surface area contributed by atoms with E-state index < -0.39 is 12.1 Å². The van der Waals surface area contributed by atoms with Crippen molar-refractivity contribution in [2.75, 3.05) is 32.8 Å². The Labute approximate surface area is 192 Å². The maximum absolute atomic E-state index is 11.3. The summed E-state index contributed by atoms with van der Waals surface area (Å²) in [4.78, 5) is 18.6. The SMILES string of the molecule is CC(=O)On1c(O)cc2c(OCC(O)CN3CCC(COc4ccccc4)CC3)cccc21. The molecule has 1 aromatic heterocycles. The zero-order chi connectivity index (χ0) is 23.2. The van der Waals surface area contributed by atoms with Gasteiger partial charge in [0.05, 0.1) is 12.1 Å². The van der Waals surface area contributed by atoms with Crippen molar-refractivity contribution in [2.24, 2.45) is 5.92 Å². The van der Waals surface area contributed by atoms with Gasteiger partial charge in [0.2, 0.25) is 5.88 Å². The lowest BCUT2D eigenvalue weighted by atomic mass is 9.97. The molecule has 2 aromatic carbocycles. The fourth-order valence-corrected chi connectivity index (χ4v) is 4.12. The van der Waals surface area contributed by atoms with Gasteiger partial charge in [0, 0.05) is 24.9 Å². The summed E-state index contributed by atoms with van der Waals surface area (Å²) in [5.41, 5.74) is 0.509. The van der Waals surface area contributed by atoms with E-state index in [0.29, 0.717) is 35.7 Å². The number of carbonyl (C=O) groups is 1. The number of benzene rings is 2. The molecule has 1 aliphatic heterocycles. The molecule has 2 heterocycles. The second-order valence-electron chi connectivity index (χ2n) is 8.40. The number of para-hydroxylation sites is 1. The van der Waals surface area contributed by atoms with E-state index in [1.54, 1.807) is 18.2 Å². The van der Waals surface area contributed by atoms with E-state index in [-0.39, 0.29) is 12.5 Å². The van der Waals surface area contributed by atoms with Crippen molar-refractivity contribution in [1.29, 1.82) is 0 Å². The number of hydrogen-bond donors (Lipinski definition) is 2. The second-order valence-corrected chi connectivity index (χ2v) is 8.40. The first-order valence-electron chi connectivity index (χ1n) is 11.2. The van der Waals surface area contributed by atoms with Gasteiger partial charge in [-0.05, 0) is 56.1 Å². The average Bonchev–Trinajstić information content (AvgIpc) is 3.13. The fraction of sp³-hybridized carbons (Fsp3) is 0.400. The first kappa shape index (κ1) is 22.9. The van der Waals surface area contributed by atoms with Crippen LogP contribution in [0.1, 0.15) is 19.8 Å². The number of rotatable bonds is 9. The van der Waals surface area contributed by atoms with E-state index in [4.69, 9.17) is 14.3 Å². The number of aliphatic hydroxyl groups is 1. The van der Waals surface area contributed by atoms with Crippen molar-refractivity contribution in [2.45, 2.75) is 25.9 Å². The highest BCUT2D eigenvalue weighted by atomic mass is 16.7. The minimum atomic E-state index is -0.651. The molecule has 0 spiro atoms. The molecule has 4 rings (SSSR count). The summed E-state index contributed by atoms with van der Waals surface area (Å²) in [6.45, 7) is 4.45. The Balaban J connectivity index is 1.24. The van der Waals surface area contributed by atoms with Crippen molar-refractivity contribution in [1.82, 2.24) is 9.63 Å². The molecule has 2 N–H and O–H groups in total. The number of aromatic hydroxyl groups is 1. The molecule has 1 saturated heterocycles. The van der Waals surface area contributed by atoms with Crippen LogP contribution in [0.5, 0.6) is 17.4 Å². The Kier molecular flexibility index (Phi) is 7.36. The number of fused-ring (bicyclic) bond motifs is 1. The number of nitrogens with zero attached hydrogens (tertiary/aromatic N) is 2. The third kappa shape index (κ3) is 5.97. The number of hydrogen-bond acceptors (Lipinski definition) is 7. The van der Waals surface area contributed by atoms with Gasteiger partial charge in [-0.25, -0.2) is 4.79 Å². The van der Waals surface area contributed by atoms with Gasteiger partial charge >= 0.3 is 5.97 Å². The van der Waals surface area contributed by atoms with Gasteiger partial charge in [0.15, 0.2) is 0 Å². The summed E-state index contributed by atoms with van der Waals surface area (Å²) in [6, 6.07) is 16.5. The highest BCUT2D eigenvalue weighted by molar-refractivity contribution is 5.88. The fourth-order valence-electron chi connectivity index (χ4n) is 4.12. The minimum Gasteiger partial charge on any atom is -0.493 e. The molecule has 176 valence electrons. The van der Waals surface area contributed by atoms with Gasteiger partial charge in [-0.1, -0.05) is 24.3 Å². The number of ether oxygens (including phenoxy) is 2. The van der Waals surface area contributed by atoms with E-state index in [0.717, 1.165) is 36.4 Å². The standard InChI is InChI=1S/C25H30N2O6/c1-18(28)33-27-23-8-5-9-24(22(23)14-25(27)30)32-17-20(29)15-26-12-10-19(11-13-26)16-31-21-6-3-2-4-7-21/h2-9,14,19-20,29-30H,10-13,15-17H2,1H3. The molecular formula is C25H30N2O6. The summed E-state index contributed by atoms with van der Waals surface area (Å²) in [5.74, 6) is 1.18. The highest BCUT2D eigenvalue weighted by Crippen LogP contribution is 2.31. The number of piperidine rings is 1. The van der Waals surface area contributed by atoms with Crippen LogP contribution in [-0.2, 0) is 4.79 Å². The maximum Gasteiger partial charge on any atom is 0.330 e. The smallest absolute Gasteiger partial charge is 0.330 e. The molecule has 0 aliphatic carbocycles. The molecular weight excluding hydrogens is 424 g/mol. The molecule has 1 aliphatic rings. The van der Waals surface area contributed by atoms with Crippen molar-refractivity contribution in [3.8, 4) is 17.4 Å². The Hall–Kier alpha value is -3.23. The first-order valence-corrected chi connectivity index (χ1v) is 11.2. The maximum atomic E-state index is 11.3. The van der Waals surface area contributed by atoms with Crippen molar-refractivity contribution in [3.05, 3.63) is 54.6 Å². The summed E-state index contributed by atoms with van der Waals surface area (Å²) in [6.07, 6.45) is 1.41. The highest BCUT2D eigenvalue weighted by Gasteiger charge is 2.22. The Morgan fingerprint density at radius 3 is 2.58 bits per heavy atom. The minimum absolute atomic E-state index is 0.121. The van der Waals surface area contributed by atoms with E-state index in [1.165, 1.54) is 13.0 Å². The monoisotopic (exact) mass is 454 g/mol. The van der Waals surface area contributed by atoms with E-state index in [9.17, 15) is 15.0 Å². The molecule has 8 nitrogen and oxygen atoms in total. The predicted molar refractivity (Wildman–Crippen MR) is 123 cm³/mol. The molecule has 33 heavy (non-hydrogen) atoms. The quantitative estimate of drug-likeness (QED) is 0.514. The number of aromatic nitrogens is 1. The Morgan fingerprint density at radius 2 is 1.85 bits per heavy atom. The molecule has 1 atom stereocenters. The third-order valence-corrected chi connectivity index (χ3v) is 5.80. The molecule has 1 unspecified atom stereocenters.